The second kappa shape index (κ2) is 4.94. The summed E-state index contributed by atoms with van der Waals surface area (Å²) in [4.78, 5) is 6.37. The van der Waals surface area contributed by atoms with Crippen LogP contribution in [-0.4, -0.2) is 12.0 Å². The van der Waals surface area contributed by atoms with Crippen molar-refractivity contribution < 1.29 is 0 Å². The summed E-state index contributed by atoms with van der Waals surface area (Å²) in [6, 6.07) is 8.09. The van der Waals surface area contributed by atoms with Gasteiger partial charge in [-0.3, -0.25) is 0 Å². The Kier molecular flexibility index (Phi) is 3.54. The molecule has 0 aliphatic heterocycles. The number of anilines is 2. The number of aromatic nitrogens is 1. The zero-order chi connectivity index (χ0) is 12.4. The summed E-state index contributed by atoms with van der Waals surface area (Å²) in [5, 5.41) is 2.40. The van der Waals surface area contributed by atoms with Gasteiger partial charge in [0, 0.05) is 12.1 Å². The minimum absolute atomic E-state index is 0.234. The topological polar surface area (TPSA) is 42.2 Å². The molecule has 1 aromatic carbocycles. The number of thiazole rings is 1. The van der Waals surface area contributed by atoms with Gasteiger partial charge in [0.25, 0.3) is 0 Å². The Bertz CT molecular complexity index is 495. The molecule has 1 aromatic heterocycles. The normalized spacial score (nSPS) is 12.4. The third-order valence-corrected chi connectivity index (χ3v) is 3.92. The van der Waals surface area contributed by atoms with E-state index in [0.717, 1.165) is 15.2 Å². The standard InChI is InChI=1S/C12H14ClN3S/c1-8(9-3-5-10(13)6-4-9)16(2)12-15-7-11(14)17-12/h3-8H,14H2,1-2H3. The van der Waals surface area contributed by atoms with Crippen LogP contribution in [0.3, 0.4) is 0 Å². The molecule has 2 N–H and O–H groups in total. The van der Waals surface area contributed by atoms with Crippen LogP contribution in [0.15, 0.2) is 30.5 Å². The van der Waals surface area contributed by atoms with Crippen LogP contribution in [0.4, 0.5) is 10.1 Å². The van der Waals surface area contributed by atoms with Crippen molar-refractivity contribution in [3.63, 3.8) is 0 Å². The highest BCUT2D eigenvalue weighted by Crippen LogP contribution is 2.30. The zero-order valence-electron chi connectivity index (χ0n) is 9.72. The van der Waals surface area contributed by atoms with E-state index in [9.17, 15) is 0 Å². The van der Waals surface area contributed by atoms with Crippen LogP contribution in [0, 0.1) is 0 Å². The molecule has 0 saturated heterocycles. The second-order valence-electron chi connectivity index (χ2n) is 3.88. The van der Waals surface area contributed by atoms with Crippen molar-refractivity contribution >= 4 is 33.1 Å². The van der Waals surface area contributed by atoms with E-state index in [1.54, 1.807) is 6.20 Å². The molecule has 0 spiro atoms. The van der Waals surface area contributed by atoms with Crippen molar-refractivity contribution in [2.24, 2.45) is 0 Å². The van der Waals surface area contributed by atoms with Crippen molar-refractivity contribution in [3.8, 4) is 0 Å². The van der Waals surface area contributed by atoms with E-state index in [4.69, 9.17) is 17.3 Å². The molecule has 0 fully saturated rings. The van der Waals surface area contributed by atoms with E-state index in [0.29, 0.717) is 0 Å². The number of nitrogens with zero attached hydrogens (tertiary/aromatic N) is 2. The lowest BCUT2D eigenvalue weighted by atomic mass is 10.1. The van der Waals surface area contributed by atoms with Crippen molar-refractivity contribution in [3.05, 3.63) is 41.0 Å². The molecule has 1 heterocycles. The van der Waals surface area contributed by atoms with Crippen LogP contribution in [0.25, 0.3) is 0 Å². The molecule has 90 valence electrons. The first kappa shape index (κ1) is 12.2. The molecule has 1 atom stereocenters. The van der Waals surface area contributed by atoms with Crippen LogP contribution in [0.2, 0.25) is 5.02 Å². The van der Waals surface area contributed by atoms with E-state index in [2.05, 4.69) is 16.8 Å². The van der Waals surface area contributed by atoms with Gasteiger partial charge in [0.2, 0.25) is 0 Å². The van der Waals surface area contributed by atoms with Gasteiger partial charge in [0.05, 0.1) is 12.2 Å². The van der Waals surface area contributed by atoms with E-state index < -0.39 is 0 Å². The van der Waals surface area contributed by atoms with Gasteiger partial charge in [-0.05, 0) is 24.6 Å². The van der Waals surface area contributed by atoms with E-state index in [1.165, 1.54) is 16.9 Å². The molecular weight excluding hydrogens is 254 g/mol. The maximum atomic E-state index is 5.88. The third-order valence-electron chi connectivity index (χ3n) is 2.75. The van der Waals surface area contributed by atoms with Crippen molar-refractivity contribution in [2.75, 3.05) is 17.7 Å². The molecule has 0 radical (unpaired) electrons. The summed E-state index contributed by atoms with van der Waals surface area (Å²) in [5.41, 5.74) is 6.89. The lowest BCUT2D eigenvalue weighted by Crippen LogP contribution is -2.21. The Morgan fingerprint density at radius 3 is 2.53 bits per heavy atom. The average molecular weight is 268 g/mol. The maximum Gasteiger partial charge on any atom is 0.187 e. The van der Waals surface area contributed by atoms with Gasteiger partial charge >= 0.3 is 0 Å². The van der Waals surface area contributed by atoms with Crippen LogP contribution >= 0.6 is 22.9 Å². The minimum Gasteiger partial charge on any atom is -0.389 e. The quantitative estimate of drug-likeness (QED) is 0.924. The highest BCUT2D eigenvalue weighted by atomic mass is 35.5. The fraction of sp³-hybridized carbons (Fsp3) is 0.250. The van der Waals surface area contributed by atoms with Crippen molar-refractivity contribution in [1.29, 1.82) is 0 Å². The fourth-order valence-corrected chi connectivity index (χ4v) is 2.42. The van der Waals surface area contributed by atoms with Gasteiger partial charge in [0.15, 0.2) is 5.13 Å². The van der Waals surface area contributed by atoms with Gasteiger partial charge in [-0.15, -0.1) is 0 Å². The first-order valence-electron chi connectivity index (χ1n) is 5.27. The minimum atomic E-state index is 0.234. The van der Waals surface area contributed by atoms with Gasteiger partial charge in [-0.2, -0.15) is 0 Å². The predicted molar refractivity (Wildman–Crippen MR) is 74.8 cm³/mol. The largest absolute Gasteiger partial charge is 0.389 e. The first-order chi connectivity index (χ1) is 8.08. The third kappa shape index (κ3) is 2.70. The summed E-state index contributed by atoms with van der Waals surface area (Å²) >= 11 is 7.36. The highest BCUT2D eigenvalue weighted by Gasteiger charge is 2.14. The molecule has 2 rings (SSSR count). The van der Waals surface area contributed by atoms with Gasteiger partial charge < -0.3 is 10.6 Å². The molecule has 0 aliphatic rings. The molecule has 1 unspecified atom stereocenters. The lowest BCUT2D eigenvalue weighted by molar-refractivity contribution is 0.737. The Morgan fingerprint density at radius 2 is 2.00 bits per heavy atom. The molecule has 3 nitrogen and oxygen atoms in total. The SMILES string of the molecule is CC(c1ccc(Cl)cc1)N(C)c1ncc(N)s1. The van der Waals surface area contributed by atoms with Gasteiger partial charge in [-0.25, -0.2) is 4.98 Å². The van der Waals surface area contributed by atoms with E-state index >= 15 is 0 Å². The number of hydrogen-bond donors (Lipinski definition) is 1. The van der Waals surface area contributed by atoms with Crippen molar-refractivity contribution in [2.45, 2.75) is 13.0 Å². The van der Waals surface area contributed by atoms with Gasteiger partial charge in [-0.1, -0.05) is 35.1 Å². The van der Waals surface area contributed by atoms with E-state index in [-0.39, 0.29) is 6.04 Å². The Balaban J connectivity index is 2.19. The zero-order valence-corrected chi connectivity index (χ0v) is 11.3. The summed E-state index contributed by atoms with van der Waals surface area (Å²) in [6.07, 6.45) is 1.69. The van der Waals surface area contributed by atoms with Crippen LogP contribution in [0.1, 0.15) is 18.5 Å². The van der Waals surface area contributed by atoms with Gasteiger partial charge in [0.1, 0.15) is 5.00 Å². The molecule has 0 amide bonds. The number of nitrogen functional groups attached to an aromatic ring is 1. The van der Waals surface area contributed by atoms with Crippen LogP contribution in [-0.2, 0) is 0 Å². The fourth-order valence-electron chi connectivity index (χ4n) is 1.57. The summed E-state index contributed by atoms with van der Waals surface area (Å²) in [6.45, 7) is 2.13. The summed E-state index contributed by atoms with van der Waals surface area (Å²) < 4.78 is 0. The molecular formula is C12H14ClN3S. The van der Waals surface area contributed by atoms with Crippen LogP contribution in [0.5, 0.6) is 0 Å². The summed E-state index contributed by atoms with van der Waals surface area (Å²) in [5.74, 6) is 0. The van der Waals surface area contributed by atoms with E-state index in [1.807, 2.05) is 31.3 Å². The maximum absolute atomic E-state index is 5.88. The number of rotatable bonds is 3. The monoisotopic (exact) mass is 267 g/mol. The Labute approximate surface area is 110 Å². The number of nitrogens with two attached hydrogens (primary N) is 1. The molecule has 17 heavy (non-hydrogen) atoms. The average Bonchev–Trinajstić information content (AvgIpc) is 2.75. The summed E-state index contributed by atoms with van der Waals surface area (Å²) in [7, 11) is 2.01. The molecule has 5 heteroatoms. The highest BCUT2D eigenvalue weighted by molar-refractivity contribution is 7.19. The van der Waals surface area contributed by atoms with Crippen molar-refractivity contribution in [1.82, 2.24) is 4.98 Å². The first-order valence-corrected chi connectivity index (χ1v) is 6.47. The number of benzene rings is 1. The molecule has 0 aliphatic carbocycles. The molecule has 0 saturated carbocycles. The lowest BCUT2D eigenvalue weighted by Gasteiger charge is -2.24. The number of hydrogen-bond acceptors (Lipinski definition) is 4. The Hall–Kier alpha value is -1.26. The molecule has 2 aromatic rings. The predicted octanol–water partition coefficient (Wildman–Crippen LogP) is 3.58. The number of halogens is 1. The van der Waals surface area contributed by atoms with Crippen LogP contribution < -0.4 is 10.6 Å². The smallest absolute Gasteiger partial charge is 0.187 e. The molecule has 0 bridgehead atoms. The second-order valence-corrected chi connectivity index (χ2v) is 5.36. The Morgan fingerprint density at radius 1 is 1.35 bits per heavy atom.